The quantitative estimate of drug-likeness (QED) is 0.0844. The molecule has 0 saturated carbocycles. The van der Waals surface area contributed by atoms with Gasteiger partial charge >= 0.3 is 0 Å². The van der Waals surface area contributed by atoms with Gasteiger partial charge in [-0.1, -0.05) is 99.6 Å². The number of hydrogen-bond acceptors (Lipinski definition) is 6. The fraction of sp³-hybridized carbons (Fsp3) is 0.789. The first-order valence-electron chi connectivity index (χ1n) is 17.3. The SMILES string of the molecule is C=C/C(=C\C)OCC1CO1.C=CC(=C)C.CC.CC.CCCCC(C)(CC)COC1(OCC)CN(CC)C(C)(C)C1.CCO. The monoisotopic (exact) mass is 628 g/mol. The lowest BCUT2D eigenvalue weighted by atomic mass is 9.83. The topological polar surface area (TPSA) is 63.7 Å². The Morgan fingerprint density at radius 3 is 1.89 bits per heavy atom. The van der Waals surface area contributed by atoms with Crippen LogP contribution in [0.4, 0.5) is 0 Å². The van der Waals surface area contributed by atoms with Crippen molar-refractivity contribution in [3.05, 3.63) is 49.3 Å². The Hall–Kier alpha value is -1.44. The molecule has 3 unspecified atom stereocenters. The minimum absolute atomic E-state index is 0.149. The molecule has 0 bridgehead atoms. The number of hydrogen-bond donors (Lipinski definition) is 1. The summed E-state index contributed by atoms with van der Waals surface area (Å²) in [7, 11) is 0. The molecule has 2 heterocycles. The lowest BCUT2D eigenvalue weighted by Crippen LogP contribution is -2.42. The maximum Gasteiger partial charge on any atom is 0.182 e. The molecule has 0 radical (unpaired) electrons. The van der Waals surface area contributed by atoms with E-state index in [0.717, 1.165) is 50.5 Å². The molecule has 0 amide bonds. The van der Waals surface area contributed by atoms with E-state index >= 15 is 0 Å². The predicted octanol–water partition coefficient (Wildman–Crippen LogP) is 10.1. The van der Waals surface area contributed by atoms with Crippen LogP contribution in [-0.4, -0.2) is 73.6 Å². The van der Waals surface area contributed by atoms with Crippen molar-refractivity contribution in [2.45, 2.75) is 146 Å². The van der Waals surface area contributed by atoms with Crippen LogP contribution >= 0.6 is 0 Å². The molecule has 0 aromatic carbocycles. The van der Waals surface area contributed by atoms with Gasteiger partial charge in [-0.2, -0.15) is 0 Å². The summed E-state index contributed by atoms with van der Waals surface area (Å²) < 4.78 is 22.9. The van der Waals surface area contributed by atoms with Gasteiger partial charge in [-0.3, -0.25) is 4.90 Å². The number of ether oxygens (including phenoxy) is 4. The lowest BCUT2D eigenvalue weighted by Gasteiger charge is -2.35. The van der Waals surface area contributed by atoms with Gasteiger partial charge in [0.05, 0.1) is 19.8 Å². The number of aliphatic hydroxyl groups excluding tert-OH is 1. The summed E-state index contributed by atoms with van der Waals surface area (Å²) in [6.07, 6.45) is 11.5. The molecule has 3 atom stereocenters. The van der Waals surface area contributed by atoms with Gasteiger partial charge in [-0.05, 0) is 78.5 Å². The Bertz CT molecular complexity index is 716. The average molecular weight is 628 g/mol. The fourth-order valence-corrected chi connectivity index (χ4v) is 4.24. The largest absolute Gasteiger partial charge is 0.491 e. The number of aliphatic hydroxyl groups is 1. The van der Waals surface area contributed by atoms with Crippen molar-refractivity contribution >= 4 is 0 Å². The van der Waals surface area contributed by atoms with Crippen LogP contribution in [0.15, 0.2) is 49.3 Å². The average Bonchev–Trinajstić information content (AvgIpc) is 3.81. The molecular formula is C38H77NO5. The van der Waals surface area contributed by atoms with Crippen molar-refractivity contribution in [3.63, 3.8) is 0 Å². The Labute approximate surface area is 276 Å². The van der Waals surface area contributed by atoms with Crippen molar-refractivity contribution < 1.29 is 24.1 Å². The molecule has 0 spiro atoms. The van der Waals surface area contributed by atoms with E-state index in [1.165, 1.54) is 19.3 Å². The first-order valence-corrected chi connectivity index (χ1v) is 17.3. The molecule has 2 saturated heterocycles. The third-order valence-electron chi connectivity index (χ3n) is 7.12. The van der Waals surface area contributed by atoms with Crippen molar-refractivity contribution in [1.29, 1.82) is 0 Å². The molecule has 44 heavy (non-hydrogen) atoms. The summed E-state index contributed by atoms with van der Waals surface area (Å²) in [6, 6.07) is 0. The van der Waals surface area contributed by atoms with Gasteiger partial charge in [0, 0.05) is 25.2 Å². The number of likely N-dealkylation sites (tertiary alicyclic amines) is 1. The van der Waals surface area contributed by atoms with Crippen LogP contribution in [0.1, 0.15) is 129 Å². The van der Waals surface area contributed by atoms with Gasteiger partial charge in [0.25, 0.3) is 0 Å². The number of unbranched alkanes of at least 4 members (excludes halogenated alkanes) is 1. The van der Waals surface area contributed by atoms with Gasteiger partial charge in [0.2, 0.25) is 0 Å². The number of likely N-dealkylation sites (N-methyl/N-ethyl adjacent to an activating group) is 1. The Balaban J connectivity index is -0.000000299. The molecule has 6 nitrogen and oxygen atoms in total. The molecule has 2 rings (SSSR count). The zero-order valence-corrected chi connectivity index (χ0v) is 31.9. The summed E-state index contributed by atoms with van der Waals surface area (Å²) in [5.74, 6) is 0.409. The van der Waals surface area contributed by atoms with Crippen LogP contribution in [0.25, 0.3) is 0 Å². The maximum absolute atomic E-state index is 7.57. The minimum Gasteiger partial charge on any atom is -0.491 e. The van der Waals surface area contributed by atoms with Gasteiger partial charge in [-0.25, -0.2) is 0 Å². The normalized spacial score (nSPS) is 20.9. The van der Waals surface area contributed by atoms with Crippen LogP contribution in [0.3, 0.4) is 0 Å². The second-order valence-corrected chi connectivity index (χ2v) is 11.4. The van der Waals surface area contributed by atoms with E-state index in [-0.39, 0.29) is 17.6 Å². The maximum atomic E-state index is 7.57. The highest BCUT2D eigenvalue weighted by molar-refractivity contribution is 5.07. The van der Waals surface area contributed by atoms with E-state index in [9.17, 15) is 0 Å². The Kier molecular flexibility index (Phi) is 34.0. The van der Waals surface area contributed by atoms with E-state index < -0.39 is 5.79 Å². The third kappa shape index (κ3) is 24.8. The summed E-state index contributed by atoms with van der Waals surface area (Å²) >= 11 is 0. The lowest BCUT2D eigenvalue weighted by molar-refractivity contribution is -0.239. The smallest absolute Gasteiger partial charge is 0.182 e. The van der Waals surface area contributed by atoms with Crippen LogP contribution in [0.5, 0.6) is 0 Å². The van der Waals surface area contributed by atoms with Crippen molar-refractivity contribution in [2.24, 2.45) is 5.41 Å². The second-order valence-electron chi connectivity index (χ2n) is 11.4. The molecule has 1 N–H and O–H groups in total. The Morgan fingerprint density at radius 1 is 1.05 bits per heavy atom. The molecule has 2 aliphatic rings. The minimum atomic E-state index is -0.420. The highest BCUT2D eigenvalue weighted by atomic mass is 16.7. The molecule has 6 heteroatoms. The first-order chi connectivity index (χ1) is 20.8. The van der Waals surface area contributed by atoms with Crippen LogP contribution < -0.4 is 0 Å². The van der Waals surface area contributed by atoms with Crippen LogP contribution in [0, 0.1) is 5.41 Å². The van der Waals surface area contributed by atoms with Gasteiger partial charge in [-0.15, -0.1) is 0 Å². The van der Waals surface area contributed by atoms with E-state index in [4.69, 9.17) is 24.1 Å². The van der Waals surface area contributed by atoms with Crippen LogP contribution in [0.2, 0.25) is 0 Å². The molecule has 0 aromatic rings. The summed E-state index contributed by atoms with van der Waals surface area (Å²) in [5.41, 5.74) is 1.44. The first kappa shape index (κ1) is 49.4. The van der Waals surface area contributed by atoms with E-state index in [1.54, 1.807) is 19.1 Å². The molecule has 0 aromatic heterocycles. The van der Waals surface area contributed by atoms with Crippen molar-refractivity contribution in [1.82, 2.24) is 4.90 Å². The van der Waals surface area contributed by atoms with Crippen LogP contribution in [-0.2, 0) is 18.9 Å². The Morgan fingerprint density at radius 2 is 1.57 bits per heavy atom. The molecule has 0 aliphatic carbocycles. The summed E-state index contributed by atoms with van der Waals surface area (Å²) in [6.45, 7) is 45.1. The molecule has 2 aliphatic heterocycles. The van der Waals surface area contributed by atoms with E-state index in [1.807, 2.05) is 47.6 Å². The van der Waals surface area contributed by atoms with E-state index in [0.29, 0.717) is 19.3 Å². The van der Waals surface area contributed by atoms with Crippen molar-refractivity contribution in [2.75, 3.05) is 46.1 Å². The zero-order valence-electron chi connectivity index (χ0n) is 31.9. The number of nitrogens with zero attached hydrogens (tertiary/aromatic N) is 1. The number of epoxide rings is 1. The molecule has 264 valence electrons. The number of rotatable bonds is 15. The third-order valence-corrected chi connectivity index (χ3v) is 7.12. The fourth-order valence-electron chi connectivity index (χ4n) is 4.24. The summed E-state index contributed by atoms with van der Waals surface area (Å²) in [4.78, 5) is 2.48. The molecular weight excluding hydrogens is 550 g/mol. The second kappa shape index (κ2) is 30.2. The highest BCUT2D eigenvalue weighted by Crippen LogP contribution is 2.40. The van der Waals surface area contributed by atoms with Gasteiger partial charge < -0.3 is 24.1 Å². The molecule has 2 fully saturated rings. The number of allylic oxidation sites excluding steroid dienone is 4. The highest BCUT2D eigenvalue weighted by Gasteiger charge is 2.50. The summed E-state index contributed by atoms with van der Waals surface area (Å²) in [5, 5.41) is 7.57. The zero-order chi connectivity index (χ0) is 35.2. The standard InChI is InChI=1S/C19H39NO2.C8H12O2.C5H8.C2H6O.2C2H6/c1-8-12-13-18(7,9-2)16-22-19(21-11-4)14-17(5,6)20(10-3)15-19;1-3-7(4-2)9-5-8-6-10-8;1-4-5(2)3;1-2-3;2*1-2/h8-16H2,1-7H3;3-4,8H,1,5-6H2,2H3;4H,1-2H2,3H3;3H,2H2,1H3;2*1-2H3/b;7-4+;;;;. The van der Waals surface area contributed by atoms with E-state index in [2.05, 4.69) is 73.1 Å². The van der Waals surface area contributed by atoms with Gasteiger partial charge in [0.15, 0.2) is 5.79 Å². The predicted molar refractivity (Wildman–Crippen MR) is 194 cm³/mol. The van der Waals surface area contributed by atoms with Gasteiger partial charge in [0.1, 0.15) is 18.5 Å². The van der Waals surface area contributed by atoms with Crippen molar-refractivity contribution in [3.8, 4) is 0 Å².